The predicted molar refractivity (Wildman–Crippen MR) is 108 cm³/mol. The van der Waals surface area contributed by atoms with Gasteiger partial charge in [-0.05, 0) is 32.2 Å². The average molecular weight is 414 g/mol. The summed E-state index contributed by atoms with van der Waals surface area (Å²) < 4.78 is 9.82. The molecule has 0 saturated carbocycles. The third-order valence-electron chi connectivity index (χ3n) is 4.18. The number of rotatable bonds is 14. The van der Waals surface area contributed by atoms with Gasteiger partial charge in [0.1, 0.15) is 24.6 Å². The Bertz CT molecular complexity index is 732. The van der Waals surface area contributed by atoms with E-state index in [2.05, 4.69) is 10.6 Å². The Labute approximate surface area is 167 Å². The molecule has 1 aromatic rings. The Balaban J connectivity index is 2.25. The van der Waals surface area contributed by atoms with Gasteiger partial charge in [-0.1, -0.05) is 6.42 Å². The van der Waals surface area contributed by atoms with E-state index in [1.54, 1.807) is 0 Å². The number of carbonyl (C=O) groups is 2. The molecule has 2 amide bonds. The molecule has 0 bridgehead atoms. The summed E-state index contributed by atoms with van der Waals surface area (Å²) in [5, 5.41) is 5.40. The van der Waals surface area contributed by atoms with Crippen molar-refractivity contribution in [2.45, 2.75) is 44.2 Å². The Kier molecular flexibility index (Phi) is 10.5. The average Bonchev–Trinajstić information content (AvgIpc) is 2.69. The Hall–Kier alpha value is -2.86. The lowest BCUT2D eigenvalue weighted by Gasteiger charge is -2.19. The fraction of sp³-hybridized carbons (Fsp3) is 0.647. The number of hydrogen-bond acceptors (Lipinski definition) is 10. The summed E-state index contributed by atoms with van der Waals surface area (Å²) in [6, 6.07) is -0.853. The van der Waals surface area contributed by atoms with Crippen LogP contribution in [0.25, 0.3) is 0 Å². The van der Waals surface area contributed by atoms with Crippen molar-refractivity contribution < 1.29 is 19.1 Å². The lowest BCUT2D eigenvalue weighted by molar-refractivity contribution is 0.116. The highest BCUT2D eigenvalue weighted by atomic mass is 16.6. The topological polar surface area (TPSA) is 215 Å². The van der Waals surface area contributed by atoms with Crippen LogP contribution < -0.4 is 44.4 Å². The summed E-state index contributed by atoms with van der Waals surface area (Å²) in [6.45, 7) is 0.849. The number of anilines is 2. The molecule has 0 aliphatic rings. The van der Waals surface area contributed by atoms with Crippen molar-refractivity contribution in [3.63, 3.8) is 0 Å². The van der Waals surface area contributed by atoms with Crippen LogP contribution in [0.15, 0.2) is 9.59 Å². The van der Waals surface area contributed by atoms with Gasteiger partial charge in [-0.25, -0.2) is 9.59 Å². The fourth-order valence-electron chi connectivity index (χ4n) is 2.55. The first-order valence-electron chi connectivity index (χ1n) is 9.40. The first-order chi connectivity index (χ1) is 13.8. The van der Waals surface area contributed by atoms with Gasteiger partial charge in [0, 0.05) is 12.6 Å². The second kappa shape index (κ2) is 12.6. The zero-order valence-electron chi connectivity index (χ0n) is 16.3. The Morgan fingerprint density at radius 2 is 1.72 bits per heavy atom. The van der Waals surface area contributed by atoms with Crippen molar-refractivity contribution in [2.24, 2.45) is 17.2 Å². The zero-order valence-corrected chi connectivity index (χ0v) is 16.3. The van der Waals surface area contributed by atoms with Crippen LogP contribution in [-0.4, -0.2) is 50.6 Å². The smallest absolute Gasteiger partial charge is 0.407 e. The molecule has 10 N–H and O–H groups in total. The van der Waals surface area contributed by atoms with E-state index in [4.69, 9.17) is 32.4 Å². The van der Waals surface area contributed by atoms with Crippen LogP contribution in [0.3, 0.4) is 0 Å². The molecule has 164 valence electrons. The van der Waals surface area contributed by atoms with E-state index in [0.717, 1.165) is 12.8 Å². The van der Waals surface area contributed by atoms with Gasteiger partial charge < -0.3 is 43.0 Å². The number of nitrogens with two attached hydrogens (primary N) is 4. The summed E-state index contributed by atoms with van der Waals surface area (Å²) >= 11 is 0. The van der Waals surface area contributed by atoms with Crippen molar-refractivity contribution in [1.29, 1.82) is 0 Å². The minimum atomic E-state index is -0.926. The number of nitrogen functional groups attached to an aromatic ring is 1. The molecule has 12 nitrogen and oxygen atoms in total. The SMILES string of the molecule is NCCCCC(COC(N)=O)NC(=O)OCC(N)CCCNc1c(N)c(=O)c1=O. The van der Waals surface area contributed by atoms with Crippen LogP contribution in [0.1, 0.15) is 32.1 Å². The predicted octanol–water partition coefficient (Wildman–Crippen LogP) is -1.30. The molecule has 0 aromatic heterocycles. The maximum Gasteiger partial charge on any atom is 0.407 e. The zero-order chi connectivity index (χ0) is 21.8. The van der Waals surface area contributed by atoms with Crippen molar-refractivity contribution >= 4 is 23.6 Å². The highest BCUT2D eigenvalue weighted by molar-refractivity contribution is 5.71. The molecule has 2 unspecified atom stereocenters. The number of unbranched alkanes of at least 4 members (excludes halogenated alkanes) is 1. The maximum absolute atomic E-state index is 11.9. The minimum absolute atomic E-state index is 0.0136. The van der Waals surface area contributed by atoms with Crippen molar-refractivity contribution in [2.75, 3.05) is 37.4 Å². The number of ether oxygens (including phenoxy) is 2. The summed E-state index contributed by atoms with van der Waals surface area (Å²) in [6.07, 6.45) is 1.55. The van der Waals surface area contributed by atoms with E-state index in [0.29, 0.717) is 32.4 Å². The molecule has 0 saturated heterocycles. The van der Waals surface area contributed by atoms with E-state index in [9.17, 15) is 19.2 Å². The standard InChI is InChI=1S/C17H30N6O6/c18-6-2-1-5-11(9-28-16(21)26)23-17(27)29-8-10(19)4-3-7-22-13-12(20)14(24)15(13)25/h10-11,22H,1-9,18-20H2,(H2,21,26)(H,23,27). The molecule has 1 rings (SSSR count). The van der Waals surface area contributed by atoms with Crippen LogP contribution >= 0.6 is 0 Å². The van der Waals surface area contributed by atoms with Crippen LogP contribution in [0.5, 0.6) is 0 Å². The van der Waals surface area contributed by atoms with Gasteiger partial charge in [0.15, 0.2) is 0 Å². The van der Waals surface area contributed by atoms with Gasteiger partial charge in [-0.3, -0.25) is 9.59 Å². The van der Waals surface area contributed by atoms with Gasteiger partial charge in [-0.2, -0.15) is 0 Å². The van der Waals surface area contributed by atoms with Crippen LogP contribution in [0.4, 0.5) is 21.0 Å². The van der Waals surface area contributed by atoms with E-state index in [-0.39, 0.29) is 24.6 Å². The summed E-state index contributed by atoms with van der Waals surface area (Å²) in [7, 11) is 0. The van der Waals surface area contributed by atoms with E-state index in [1.807, 2.05) is 0 Å². The molecule has 0 fully saturated rings. The van der Waals surface area contributed by atoms with Gasteiger partial charge in [0.05, 0.1) is 6.04 Å². The number of carbonyl (C=O) groups excluding carboxylic acids is 2. The number of hydrogen-bond donors (Lipinski definition) is 6. The molecule has 1 aromatic carbocycles. The molecular formula is C17H30N6O6. The number of primary amides is 1. The normalized spacial score (nSPS) is 12.9. The van der Waals surface area contributed by atoms with E-state index >= 15 is 0 Å². The van der Waals surface area contributed by atoms with Gasteiger partial charge in [0.2, 0.25) is 0 Å². The number of alkyl carbamates (subject to hydrolysis) is 1. The van der Waals surface area contributed by atoms with Crippen molar-refractivity contribution in [1.82, 2.24) is 5.32 Å². The summed E-state index contributed by atoms with van der Waals surface area (Å²) in [5.41, 5.74) is 20.5. The highest BCUT2D eigenvalue weighted by Crippen LogP contribution is 2.09. The molecule has 2 atom stereocenters. The molecule has 0 spiro atoms. The fourth-order valence-corrected chi connectivity index (χ4v) is 2.55. The third kappa shape index (κ3) is 8.79. The monoisotopic (exact) mass is 414 g/mol. The van der Waals surface area contributed by atoms with Crippen molar-refractivity contribution in [3.8, 4) is 0 Å². The molecule has 0 aliphatic heterocycles. The lowest BCUT2D eigenvalue weighted by Crippen LogP contribution is -2.41. The largest absolute Gasteiger partial charge is 0.448 e. The molecule has 29 heavy (non-hydrogen) atoms. The van der Waals surface area contributed by atoms with Crippen molar-refractivity contribution in [3.05, 3.63) is 20.4 Å². The van der Waals surface area contributed by atoms with Gasteiger partial charge >= 0.3 is 12.2 Å². The first-order valence-corrected chi connectivity index (χ1v) is 9.40. The van der Waals surface area contributed by atoms with E-state index < -0.39 is 35.1 Å². The minimum Gasteiger partial charge on any atom is -0.448 e. The molecule has 0 aliphatic carbocycles. The van der Waals surface area contributed by atoms with Crippen LogP contribution in [-0.2, 0) is 9.47 Å². The van der Waals surface area contributed by atoms with Gasteiger partial charge in [-0.15, -0.1) is 0 Å². The summed E-state index contributed by atoms with van der Waals surface area (Å²) in [4.78, 5) is 44.9. The quantitative estimate of drug-likeness (QED) is 0.156. The lowest BCUT2D eigenvalue weighted by atomic mass is 10.1. The molecule has 0 radical (unpaired) electrons. The number of nitrogens with one attached hydrogen (secondary N) is 2. The summed E-state index contributed by atoms with van der Waals surface area (Å²) in [5.74, 6) is 0. The molecular weight excluding hydrogens is 384 g/mol. The molecule has 0 heterocycles. The van der Waals surface area contributed by atoms with Gasteiger partial charge in [0.25, 0.3) is 10.9 Å². The molecule has 12 heteroatoms. The number of amides is 2. The first kappa shape index (κ1) is 24.2. The Morgan fingerprint density at radius 3 is 2.34 bits per heavy atom. The van der Waals surface area contributed by atoms with Crippen LogP contribution in [0, 0.1) is 0 Å². The van der Waals surface area contributed by atoms with Crippen LogP contribution in [0.2, 0.25) is 0 Å². The second-order valence-corrected chi connectivity index (χ2v) is 6.63. The second-order valence-electron chi connectivity index (χ2n) is 6.63. The van der Waals surface area contributed by atoms with E-state index in [1.165, 1.54) is 0 Å². The maximum atomic E-state index is 11.9. The third-order valence-corrected chi connectivity index (χ3v) is 4.18. The highest BCUT2D eigenvalue weighted by Gasteiger charge is 2.18. The Morgan fingerprint density at radius 1 is 1.00 bits per heavy atom.